The van der Waals surface area contributed by atoms with Crippen molar-refractivity contribution in [2.75, 3.05) is 6.54 Å². The Balaban J connectivity index is 2.21. The van der Waals surface area contributed by atoms with Gasteiger partial charge in [0.1, 0.15) is 6.04 Å². The first-order chi connectivity index (χ1) is 15.9. The molecular formula is C28H38Cl2N2O2. The van der Waals surface area contributed by atoms with E-state index in [-0.39, 0.29) is 17.2 Å². The van der Waals surface area contributed by atoms with Gasteiger partial charge in [-0.15, -0.1) is 0 Å². The summed E-state index contributed by atoms with van der Waals surface area (Å²) in [6.45, 7) is 13.4. The van der Waals surface area contributed by atoms with Crippen LogP contribution in [-0.4, -0.2) is 29.3 Å². The van der Waals surface area contributed by atoms with Crippen LogP contribution >= 0.6 is 23.2 Å². The van der Waals surface area contributed by atoms with Crippen molar-refractivity contribution in [1.29, 1.82) is 0 Å². The first-order valence-corrected chi connectivity index (χ1v) is 12.8. The predicted octanol–water partition coefficient (Wildman–Crippen LogP) is 6.80. The van der Waals surface area contributed by atoms with Crippen molar-refractivity contribution in [3.63, 3.8) is 0 Å². The zero-order valence-electron chi connectivity index (χ0n) is 21.3. The number of nitrogens with one attached hydrogen (secondary N) is 1. The second-order valence-corrected chi connectivity index (χ2v) is 11.1. The molecule has 2 rings (SSSR count). The smallest absolute Gasteiger partial charge is 0.242 e. The van der Waals surface area contributed by atoms with Gasteiger partial charge >= 0.3 is 0 Å². The highest BCUT2D eigenvalue weighted by atomic mass is 35.5. The minimum absolute atomic E-state index is 0.0579. The molecule has 0 aliphatic heterocycles. The van der Waals surface area contributed by atoms with Crippen LogP contribution in [0.4, 0.5) is 0 Å². The first kappa shape index (κ1) is 28.2. The van der Waals surface area contributed by atoms with Gasteiger partial charge in [0.15, 0.2) is 0 Å². The van der Waals surface area contributed by atoms with Crippen molar-refractivity contribution in [3.05, 3.63) is 69.2 Å². The van der Waals surface area contributed by atoms with Crippen molar-refractivity contribution in [1.82, 2.24) is 10.2 Å². The van der Waals surface area contributed by atoms with E-state index >= 15 is 0 Å². The number of hydrogen-bond donors (Lipinski definition) is 1. The van der Waals surface area contributed by atoms with Gasteiger partial charge in [0.2, 0.25) is 11.8 Å². The van der Waals surface area contributed by atoms with Crippen molar-refractivity contribution >= 4 is 35.0 Å². The molecule has 0 fully saturated rings. The Morgan fingerprint density at radius 3 is 2.12 bits per heavy atom. The molecule has 0 spiro atoms. The molecule has 0 aliphatic carbocycles. The molecule has 0 saturated heterocycles. The molecule has 0 radical (unpaired) electrons. The fourth-order valence-corrected chi connectivity index (χ4v) is 4.06. The van der Waals surface area contributed by atoms with Gasteiger partial charge < -0.3 is 10.2 Å². The average molecular weight is 506 g/mol. The summed E-state index contributed by atoms with van der Waals surface area (Å²) in [6.07, 6.45) is 1.46. The molecule has 0 aromatic heterocycles. The minimum atomic E-state index is -0.552. The monoisotopic (exact) mass is 504 g/mol. The van der Waals surface area contributed by atoms with Gasteiger partial charge in [0.25, 0.3) is 0 Å². The minimum Gasteiger partial charge on any atom is -0.354 e. The maximum Gasteiger partial charge on any atom is 0.242 e. The quantitative estimate of drug-likeness (QED) is 0.386. The highest BCUT2D eigenvalue weighted by Gasteiger charge is 2.28. The van der Waals surface area contributed by atoms with E-state index in [9.17, 15) is 9.59 Å². The molecule has 0 saturated carbocycles. The van der Waals surface area contributed by atoms with Crippen LogP contribution in [0.15, 0.2) is 42.5 Å². The zero-order valence-corrected chi connectivity index (χ0v) is 22.8. The summed E-state index contributed by atoms with van der Waals surface area (Å²) >= 11 is 12.3. The Morgan fingerprint density at radius 2 is 1.59 bits per heavy atom. The Bertz CT molecular complexity index is 965. The van der Waals surface area contributed by atoms with E-state index < -0.39 is 6.04 Å². The maximum atomic E-state index is 13.4. The van der Waals surface area contributed by atoms with Gasteiger partial charge in [-0.3, -0.25) is 9.59 Å². The predicted molar refractivity (Wildman–Crippen MR) is 142 cm³/mol. The highest BCUT2D eigenvalue weighted by Crippen LogP contribution is 2.25. The van der Waals surface area contributed by atoms with Crippen LogP contribution in [0.1, 0.15) is 71.1 Å². The van der Waals surface area contributed by atoms with Gasteiger partial charge in [-0.05, 0) is 53.0 Å². The molecule has 0 bridgehead atoms. The second kappa shape index (κ2) is 12.6. The van der Waals surface area contributed by atoms with Gasteiger partial charge in [-0.25, -0.2) is 0 Å². The lowest BCUT2D eigenvalue weighted by Gasteiger charge is -2.31. The number of carbonyl (C=O) groups is 2. The number of rotatable bonds is 10. The van der Waals surface area contributed by atoms with E-state index in [1.807, 2.05) is 26.8 Å². The molecule has 2 amide bonds. The number of amides is 2. The number of aryl methyl sites for hydroxylation is 1. The van der Waals surface area contributed by atoms with Crippen molar-refractivity contribution in [2.45, 2.75) is 78.8 Å². The Kier molecular flexibility index (Phi) is 10.5. The molecule has 2 aromatic carbocycles. The van der Waals surface area contributed by atoms with Crippen LogP contribution in [0.5, 0.6) is 0 Å². The second-order valence-electron chi connectivity index (χ2n) is 10.3. The Hall–Kier alpha value is -2.04. The number of benzene rings is 2. The standard InChI is InChI=1S/C28H38Cl2N2O2/c1-7-25(27(34)31-17-19(2)3)32(18-21-10-14-23(29)24(30)16-21)26(33)15-11-20-8-12-22(13-9-20)28(4,5)6/h8-10,12-14,16,19,25H,7,11,15,17-18H2,1-6H3,(H,31,34). The SMILES string of the molecule is CCC(C(=O)NCC(C)C)N(Cc1ccc(Cl)c(Cl)c1)C(=O)CCc1ccc(C(C)(C)C)cc1. The summed E-state index contributed by atoms with van der Waals surface area (Å²) in [6, 6.07) is 13.2. The Morgan fingerprint density at radius 1 is 0.971 bits per heavy atom. The largest absolute Gasteiger partial charge is 0.354 e. The topological polar surface area (TPSA) is 49.4 Å². The van der Waals surface area contributed by atoms with E-state index in [1.165, 1.54) is 5.56 Å². The number of hydrogen-bond acceptors (Lipinski definition) is 2. The molecule has 4 nitrogen and oxygen atoms in total. The molecule has 0 aliphatic rings. The summed E-state index contributed by atoms with van der Waals surface area (Å²) in [7, 11) is 0. The summed E-state index contributed by atoms with van der Waals surface area (Å²) in [4.78, 5) is 28.1. The maximum absolute atomic E-state index is 13.4. The molecule has 1 atom stereocenters. The average Bonchev–Trinajstić information content (AvgIpc) is 2.78. The summed E-state index contributed by atoms with van der Waals surface area (Å²) in [5, 5.41) is 3.88. The van der Waals surface area contributed by atoms with E-state index in [0.29, 0.717) is 48.3 Å². The van der Waals surface area contributed by atoms with Gasteiger partial charge in [-0.2, -0.15) is 0 Å². The fraction of sp³-hybridized carbons (Fsp3) is 0.500. The van der Waals surface area contributed by atoms with Crippen molar-refractivity contribution in [3.8, 4) is 0 Å². The third kappa shape index (κ3) is 8.32. The number of carbonyl (C=O) groups excluding carboxylic acids is 2. The van der Waals surface area contributed by atoms with Crippen LogP contribution in [0.2, 0.25) is 10.0 Å². The van der Waals surface area contributed by atoms with E-state index in [1.54, 1.807) is 17.0 Å². The lowest BCUT2D eigenvalue weighted by Crippen LogP contribution is -2.49. The normalized spacial score (nSPS) is 12.5. The van der Waals surface area contributed by atoms with Gasteiger partial charge in [0, 0.05) is 19.5 Å². The van der Waals surface area contributed by atoms with Crippen LogP contribution in [0.25, 0.3) is 0 Å². The zero-order chi connectivity index (χ0) is 25.5. The highest BCUT2D eigenvalue weighted by molar-refractivity contribution is 6.42. The van der Waals surface area contributed by atoms with Gasteiger partial charge in [-0.1, -0.05) is 95.1 Å². The van der Waals surface area contributed by atoms with E-state index in [2.05, 4.69) is 50.4 Å². The van der Waals surface area contributed by atoms with E-state index in [0.717, 1.165) is 11.1 Å². The molecular weight excluding hydrogens is 467 g/mol. The molecule has 34 heavy (non-hydrogen) atoms. The van der Waals surface area contributed by atoms with Crippen LogP contribution in [0.3, 0.4) is 0 Å². The molecule has 2 aromatic rings. The Labute approximate surface area is 215 Å². The number of halogens is 2. The van der Waals surface area contributed by atoms with Crippen molar-refractivity contribution in [2.24, 2.45) is 5.92 Å². The fourth-order valence-electron chi connectivity index (χ4n) is 3.74. The molecule has 0 heterocycles. The summed E-state index contributed by atoms with van der Waals surface area (Å²) in [5.41, 5.74) is 3.29. The lowest BCUT2D eigenvalue weighted by atomic mass is 9.86. The molecule has 186 valence electrons. The molecule has 1 N–H and O–H groups in total. The lowest BCUT2D eigenvalue weighted by molar-refractivity contribution is -0.141. The first-order valence-electron chi connectivity index (χ1n) is 12.0. The van der Waals surface area contributed by atoms with Gasteiger partial charge in [0.05, 0.1) is 10.0 Å². The summed E-state index contributed by atoms with van der Waals surface area (Å²) in [5.74, 6) is 0.147. The third-order valence-corrected chi connectivity index (χ3v) is 6.59. The van der Waals surface area contributed by atoms with Crippen LogP contribution < -0.4 is 5.32 Å². The molecule has 6 heteroatoms. The number of nitrogens with zero attached hydrogens (tertiary/aromatic N) is 1. The summed E-state index contributed by atoms with van der Waals surface area (Å²) < 4.78 is 0. The van der Waals surface area contributed by atoms with Crippen molar-refractivity contribution < 1.29 is 9.59 Å². The third-order valence-electron chi connectivity index (χ3n) is 5.85. The van der Waals surface area contributed by atoms with E-state index in [4.69, 9.17) is 23.2 Å². The van der Waals surface area contributed by atoms with Crippen LogP contribution in [-0.2, 0) is 28.0 Å². The molecule has 1 unspecified atom stereocenters. The van der Waals surface area contributed by atoms with Crippen LogP contribution in [0, 0.1) is 5.92 Å².